The Morgan fingerprint density at radius 1 is 1.14 bits per heavy atom. The first kappa shape index (κ1) is 14.8. The Morgan fingerprint density at radius 2 is 1.91 bits per heavy atom. The van der Waals surface area contributed by atoms with E-state index in [0.717, 1.165) is 17.0 Å². The van der Waals surface area contributed by atoms with Gasteiger partial charge in [-0.25, -0.2) is 8.42 Å². The molecule has 2 N–H and O–H groups in total. The average Bonchev–Trinajstić information content (AvgIpc) is 3.19. The van der Waals surface area contributed by atoms with Crippen LogP contribution < -0.4 is 4.72 Å². The number of aryl methyl sites for hydroxylation is 1. The van der Waals surface area contributed by atoms with E-state index in [0.29, 0.717) is 5.69 Å². The lowest BCUT2D eigenvalue weighted by Crippen LogP contribution is -2.11. The van der Waals surface area contributed by atoms with Crippen LogP contribution >= 0.6 is 11.3 Å². The Labute approximate surface area is 133 Å². The van der Waals surface area contributed by atoms with E-state index in [1.165, 1.54) is 16.9 Å². The standard InChI is InChI=1S/C15H15N3O2S2/c1-2-11-3-5-12(6-4-11)18-22(19,20)15-8-7-14(21-15)13-9-10-16-17-13/h3-10,18H,2H2,1H3,(H,16,17). The predicted molar refractivity (Wildman–Crippen MR) is 88.5 cm³/mol. The van der Waals surface area contributed by atoms with E-state index in [-0.39, 0.29) is 4.21 Å². The fraction of sp³-hybridized carbons (Fsp3) is 0.133. The van der Waals surface area contributed by atoms with E-state index in [4.69, 9.17) is 0 Å². The Hall–Kier alpha value is -2.12. The summed E-state index contributed by atoms with van der Waals surface area (Å²) < 4.78 is 27.7. The van der Waals surface area contributed by atoms with Gasteiger partial charge in [-0.2, -0.15) is 5.10 Å². The molecule has 0 fully saturated rings. The van der Waals surface area contributed by atoms with Crippen molar-refractivity contribution in [2.75, 3.05) is 4.72 Å². The monoisotopic (exact) mass is 333 g/mol. The summed E-state index contributed by atoms with van der Waals surface area (Å²) in [5.74, 6) is 0. The highest BCUT2D eigenvalue weighted by Crippen LogP contribution is 2.30. The van der Waals surface area contributed by atoms with Crippen molar-refractivity contribution in [3.8, 4) is 10.6 Å². The summed E-state index contributed by atoms with van der Waals surface area (Å²) in [6.45, 7) is 2.06. The topological polar surface area (TPSA) is 74.8 Å². The number of sulfonamides is 1. The minimum absolute atomic E-state index is 0.275. The van der Waals surface area contributed by atoms with Gasteiger partial charge in [0, 0.05) is 11.9 Å². The Morgan fingerprint density at radius 3 is 2.55 bits per heavy atom. The molecule has 0 aliphatic heterocycles. The van der Waals surface area contributed by atoms with Crippen molar-refractivity contribution in [1.29, 1.82) is 0 Å². The Bertz CT molecular complexity index is 851. The third-order valence-corrected chi connectivity index (χ3v) is 6.22. The van der Waals surface area contributed by atoms with E-state index in [1.807, 2.05) is 12.1 Å². The molecule has 0 radical (unpaired) electrons. The molecule has 5 nitrogen and oxygen atoms in total. The molecule has 0 atom stereocenters. The number of thiophene rings is 1. The van der Waals surface area contributed by atoms with Crippen LogP contribution in [0.15, 0.2) is 52.9 Å². The normalized spacial score (nSPS) is 11.5. The zero-order valence-electron chi connectivity index (χ0n) is 11.9. The van der Waals surface area contributed by atoms with Crippen LogP contribution in [-0.2, 0) is 16.4 Å². The second-order valence-corrected chi connectivity index (χ2v) is 7.74. The highest BCUT2D eigenvalue weighted by molar-refractivity contribution is 7.94. The van der Waals surface area contributed by atoms with Crippen LogP contribution in [0.3, 0.4) is 0 Å². The third kappa shape index (κ3) is 3.05. The molecular formula is C15H15N3O2S2. The molecule has 22 heavy (non-hydrogen) atoms. The average molecular weight is 333 g/mol. The van der Waals surface area contributed by atoms with E-state index < -0.39 is 10.0 Å². The molecule has 2 aromatic heterocycles. The highest BCUT2D eigenvalue weighted by Gasteiger charge is 2.17. The predicted octanol–water partition coefficient (Wildman–Crippen LogP) is 3.50. The molecule has 0 spiro atoms. The first-order chi connectivity index (χ1) is 10.6. The second kappa shape index (κ2) is 5.94. The van der Waals surface area contributed by atoms with Crippen LogP contribution in [0, 0.1) is 0 Å². The van der Waals surface area contributed by atoms with Crippen LogP contribution in [0.4, 0.5) is 5.69 Å². The molecule has 7 heteroatoms. The van der Waals surface area contributed by atoms with Gasteiger partial charge in [0.05, 0.1) is 10.6 Å². The minimum Gasteiger partial charge on any atom is -0.279 e. The fourth-order valence-corrected chi connectivity index (χ4v) is 4.36. The van der Waals surface area contributed by atoms with Crippen LogP contribution in [0.5, 0.6) is 0 Å². The molecule has 3 rings (SSSR count). The summed E-state index contributed by atoms with van der Waals surface area (Å²) >= 11 is 1.20. The van der Waals surface area contributed by atoms with E-state index >= 15 is 0 Å². The number of anilines is 1. The summed E-state index contributed by atoms with van der Waals surface area (Å²) in [6.07, 6.45) is 2.56. The van der Waals surface area contributed by atoms with Crippen molar-refractivity contribution in [3.63, 3.8) is 0 Å². The SMILES string of the molecule is CCc1ccc(NS(=O)(=O)c2ccc(-c3ccn[nH]3)s2)cc1. The lowest BCUT2D eigenvalue weighted by Gasteiger charge is -2.06. The van der Waals surface area contributed by atoms with Crippen LogP contribution in [-0.4, -0.2) is 18.6 Å². The van der Waals surface area contributed by atoms with Gasteiger partial charge in [0.1, 0.15) is 4.21 Å². The summed E-state index contributed by atoms with van der Waals surface area (Å²) in [7, 11) is -3.57. The van der Waals surface area contributed by atoms with Gasteiger partial charge in [-0.15, -0.1) is 11.3 Å². The van der Waals surface area contributed by atoms with Crippen LogP contribution in [0.1, 0.15) is 12.5 Å². The summed E-state index contributed by atoms with van der Waals surface area (Å²) in [6, 6.07) is 12.6. The van der Waals surface area contributed by atoms with Crippen molar-refractivity contribution >= 4 is 27.0 Å². The third-order valence-electron chi connectivity index (χ3n) is 3.23. The summed E-state index contributed by atoms with van der Waals surface area (Å²) in [5.41, 5.74) is 2.54. The largest absolute Gasteiger partial charge is 0.279 e. The number of hydrogen-bond donors (Lipinski definition) is 2. The quantitative estimate of drug-likeness (QED) is 0.750. The maximum absolute atomic E-state index is 12.4. The number of nitrogens with zero attached hydrogens (tertiary/aromatic N) is 1. The van der Waals surface area contributed by atoms with Gasteiger partial charge in [0.15, 0.2) is 0 Å². The van der Waals surface area contributed by atoms with Crippen LogP contribution in [0.2, 0.25) is 0 Å². The van der Waals surface area contributed by atoms with E-state index in [2.05, 4.69) is 21.8 Å². The first-order valence-electron chi connectivity index (χ1n) is 6.80. The lowest BCUT2D eigenvalue weighted by atomic mass is 10.2. The van der Waals surface area contributed by atoms with Crippen molar-refractivity contribution in [1.82, 2.24) is 10.2 Å². The lowest BCUT2D eigenvalue weighted by molar-refractivity contribution is 0.603. The Balaban J connectivity index is 1.83. The van der Waals surface area contributed by atoms with Crippen LogP contribution in [0.25, 0.3) is 10.6 Å². The number of nitrogens with one attached hydrogen (secondary N) is 2. The maximum atomic E-state index is 12.4. The number of rotatable bonds is 5. The van der Waals surface area contributed by atoms with E-state index in [1.54, 1.807) is 36.5 Å². The molecule has 0 saturated heterocycles. The minimum atomic E-state index is -3.57. The summed E-state index contributed by atoms with van der Waals surface area (Å²) in [5, 5.41) is 6.70. The number of aromatic amines is 1. The smallest absolute Gasteiger partial charge is 0.271 e. The number of aromatic nitrogens is 2. The first-order valence-corrected chi connectivity index (χ1v) is 9.10. The molecule has 3 aromatic rings. The molecule has 1 aromatic carbocycles. The molecular weight excluding hydrogens is 318 g/mol. The van der Waals surface area contributed by atoms with Crippen molar-refractivity contribution in [2.24, 2.45) is 0 Å². The van der Waals surface area contributed by atoms with Gasteiger partial charge in [0.2, 0.25) is 0 Å². The van der Waals surface area contributed by atoms with Gasteiger partial charge in [-0.1, -0.05) is 19.1 Å². The number of benzene rings is 1. The molecule has 114 valence electrons. The zero-order chi connectivity index (χ0) is 15.6. The maximum Gasteiger partial charge on any atom is 0.271 e. The van der Waals surface area contributed by atoms with Gasteiger partial charge in [0.25, 0.3) is 10.0 Å². The van der Waals surface area contributed by atoms with Gasteiger partial charge in [-0.05, 0) is 42.3 Å². The highest BCUT2D eigenvalue weighted by atomic mass is 32.2. The Kier molecular flexibility index (Phi) is 4.00. The molecule has 0 bridgehead atoms. The number of H-pyrrole nitrogens is 1. The van der Waals surface area contributed by atoms with Gasteiger partial charge in [-0.3, -0.25) is 9.82 Å². The van der Waals surface area contributed by atoms with Gasteiger partial charge >= 0.3 is 0 Å². The molecule has 0 amide bonds. The molecule has 0 unspecified atom stereocenters. The molecule has 0 aliphatic rings. The molecule has 0 saturated carbocycles. The molecule has 0 aliphatic carbocycles. The molecule has 2 heterocycles. The second-order valence-electron chi connectivity index (χ2n) is 4.74. The van der Waals surface area contributed by atoms with Gasteiger partial charge < -0.3 is 0 Å². The van der Waals surface area contributed by atoms with Crippen molar-refractivity contribution < 1.29 is 8.42 Å². The number of hydrogen-bond acceptors (Lipinski definition) is 4. The van der Waals surface area contributed by atoms with Crippen molar-refractivity contribution in [2.45, 2.75) is 17.6 Å². The zero-order valence-corrected chi connectivity index (χ0v) is 13.5. The fourth-order valence-electron chi connectivity index (χ4n) is 2.02. The summed E-state index contributed by atoms with van der Waals surface area (Å²) in [4.78, 5) is 0.833. The van der Waals surface area contributed by atoms with E-state index in [9.17, 15) is 8.42 Å². The van der Waals surface area contributed by atoms with Crippen molar-refractivity contribution in [3.05, 3.63) is 54.2 Å².